The van der Waals surface area contributed by atoms with E-state index < -0.39 is 5.97 Å². The first kappa shape index (κ1) is 17.7. The topological polar surface area (TPSA) is 88.1 Å². The van der Waals surface area contributed by atoms with Crippen molar-refractivity contribution in [2.45, 2.75) is 51.7 Å². The molecule has 2 atom stereocenters. The van der Waals surface area contributed by atoms with Gasteiger partial charge in [-0.15, -0.1) is 0 Å². The number of nitrogens with zero attached hydrogens (tertiary/aromatic N) is 1. The fourth-order valence-corrected chi connectivity index (χ4v) is 2.38. The van der Waals surface area contributed by atoms with Crippen molar-refractivity contribution >= 4 is 12.0 Å². The van der Waals surface area contributed by atoms with E-state index in [0.29, 0.717) is 32.4 Å². The summed E-state index contributed by atoms with van der Waals surface area (Å²) in [6.45, 7) is 6.68. The Balaban J connectivity index is 2.45. The second kappa shape index (κ2) is 7.61. The number of aliphatic carboxylic acids is 1. The number of urea groups is 1. The van der Waals surface area contributed by atoms with E-state index >= 15 is 0 Å². The van der Waals surface area contributed by atoms with Crippen LogP contribution in [0, 0.1) is 5.92 Å². The van der Waals surface area contributed by atoms with E-state index in [1.165, 1.54) is 0 Å². The van der Waals surface area contributed by atoms with E-state index in [9.17, 15) is 9.59 Å². The predicted molar refractivity (Wildman–Crippen MR) is 76.7 cm³/mol. The molecule has 1 rings (SSSR count). The number of carboxylic acids is 1. The van der Waals surface area contributed by atoms with Gasteiger partial charge in [0.1, 0.15) is 0 Å². The Morgan fingerprint density at radius 2 is 2.00 bits per heavy atom. The third-order valence-corrected chi connectivity index (χ3v) is 3.62. The van der Waals surface area contributed by atoms with Gasteiger partial charge in [0.15, 0.2) is 0 Å². The van der Waals surface area contributed by atoms with E-state index in [-0.39, 0.29) is 23.6 Å². The van der Waals surface area contributed by atoms with Gasteiger partial charge < -0.3 is 14.7 Å². The maximum atomic E-state index is 12.2. The van der Waals surface area contributed by atoms with Crippen molar-refractivity contribution in [2.75, 3.05) is 20.3 Å². The zero-order chi connectivity index (χ0) is 16.0. The smallest absolute Gasteiger partial charge is 0.341 e. The molecule has 0 bridgehead atoms. The first-order valence-electron chi connectivity index (χ1n) is 7.20. The highest BCUT2D eigenvalue weighted by Crippen LogP contribution is 2.27. The molecule has 122 valence electrons. The normalized spacial score (nSPS) is 22.1. The Kier molecular flexibility index (Phi) is 6.42. The van der Waals surface area contributed by atoms with Crippen LogP contribution in [0.2, 0.25) is 0 Å². The number of nitrogens with one attached hydrogen (secondary N) is 1. The summed E-state index contributed by atoms with van der Waals surface area (Å²) < 4.78 is 5.01. The van der Waals surface area contributed by atoms with Crippen LogP contribution in [0.25, 0.3) is 0 Å². The number of hydrogen-bond donors (Lipinski definition) is 2. The number of hydroxylamine groups is 1. The van der Waals surface area contributed by atoms with Crippen LogP contribution < -0.4 is 5.48 Å². The highest BCUT2D eigenvalue weighted by molar-refractivity contribution is 5.74. The minimum absolute atomic E-state index is 0.237. The van der Waals surface area contributed by atoms with E-state index in [2.05, 4.69) is 5.48 Å². The lowest BCUT2D eigenvalue weighted by molar-refractivity contribution is -0.141. The molecule has 0 saturated heterocycles. The van der Waals surface area contributed by atoms with Crippen molar-refractivity contribution in [1.82, 2.24) is 10.4 Å². The number of carbonyl (C=O) groups excluding carboxylic acids is 1. The number of ether oxygens (including phenoxy) is 1. The lowest BCUT2D eigenvalue weighted by Gasteiger charge is -2.35. The standard InChI is InChI=1S/C14H26N2O5/c1-14(2,3)16(7-8-20-4)13(19)15-21-11-6-5-10(9-11)12(17)18/h10-11H,5-9H2,1-4H3,(H,15,19)(H,17,18)/t10-,11-/m1/s1. The van der Waals surface area contributed by atoms with Crippen LogP contribution in [0.1, 0.15) is 40.0 Å². The molecule has 0 aliphatic heterocycles. The second-order valence-electron chi connectivity index (χ2n) is 6.31. The van der Waals surface area contributed by atoms with Gasteiger partial charge >= 0.3 is 12.0 Å². The molecule has 0 unspecified atom stereocenters. The van der Waals surface area contributed by atoms with Gasteiger partial charge in [0.2, 0.25) is 0 Å². The van der Waals surface area contributed by atoms with Crippen molar-refractivity contribution in [3.8, 4) is 0 Å². The Labute approximate surface area is 125 Å². The van der Waals surface area contributed by atoms with E-state index in [0.717, 1.165) is 0 Å². The third-order valence-electron chi connectivity index (χ3n) is 3.62. The highest BCUT2D eigenvalue weighted by Gasteiger charge is 2.32. The zero-order valence-corrected chi connectivity index (χ0v) is 13.2. The molecular formula is C14H26N2O5. The van der Waals surface area contributed by atoms with Gasteiger partial charge in [-0.25, -0.2) is 10.3 Å². The van der Waals surface area contributed by atoms with Crippen LogP contribution >= 0.6 is 0 Å². The molecule has 21 heavy (non-hydrogen) atoms. The number of methoxy groups -OCH3 is 1. The molecule has 0 aromatic carbocycles. The van der Waals surface area contributed by atoms with Gasteiger partial charge in [-0.2, -0.15) is 0 Å². The van der Waals surface area contributed by atoms with Gasteiger partial charge in [-0.3, -0.25) is 9.63 Å². The largest absolute Gasteiger partial charge is 0.481 e. The summed E-state index contributed by atoms with van der Waals surface area (Å²) in [6.07, 6.45) is 1.43. The number of rotatable bonds is 6. The molecule has 0 aromatic heterocycles. The maximum Gasteiger partial charge on any atom is 0.341 e. The fraction of sp³-hybridized carbons (Fsp3) is 0.857. The molecule has 7 nitrogen and oxygen atoms in total. The van der Waals surface area contributed by atoms with Gasteiger partial charge in [0, 0.05) is 19.2 Å². The van der Waals surface area contributed by atoms with Gasteiger partial charge in [-0.1, -0.05) is 0 Å². The van der Waals surface area contributed by atoms with Gasteiger partial charge in [-0.05, 0) is 40.0 Å². The molecule has 1 saturated carbocycles. The SMILES string of the molecule is COCCN(C(=O)NO[C@@H]1CC[C@@H](C(=O)O)C1)C(C)(C)C. The average molecular weight is 302 g/mol. The molecule has 0 radical (unpaired) electrons. The van der Waals surface area contributed by atoms with Gasteiger partial charge in [0.05, 0.1) is 18.6 Å². The lowest BCUT2D eigenvalue weighted by atomic mass is 10.1. The summed E-state index contributed by atoms with van der Waals surface area (Å²) in [7, 11) is 1.58. The van der Waals surface area contributed by atoms with E-state index in [1.54, 1.807) is 12.0 Å². The van der Waals surface area contributed by atoms with Crippen molar-refractivity contribution in [3.05, 3.63) is 0 Å². The molecule has 7 heteroatoms. The van der Waals surface area contributed by atoms with Crippen molar-refractivity contribution in [1.29, 1.82) is 0 Å². The minimum Gasteiger partial charge on any atom is -0.481 e. The van der Waals surface area contributed by atoms with Crippen LogP contribution in [0.15, 0.2) is 0 Å². The number of carbonyl (C=O) groups is 2. The third kappa shape index (κ3) is 5.51. The second-order valence-corrected chi connectivity index (χ2v) is 6.31. The summed E-state index contributed by atoms with van der Waals surface area (Å²) in [5, 5.41) is 8.94. The summed E-state index contributed by atoms with van der Waals surface area (Å²) in [6, 6.07) is -0.335. The molecule has 0 spiro atoms. The van der Waals surface area contributed by atoms with Crippen LogP contribution in [0.4, 0.5) is 4.79 Å². The van der Waals surface area contributed by atoms with Gasteiger partial charge in [0.25, 0.3) is 0 Å². The van der Waals surface area contributed by atoms with E-state index in [1.807, 2.05) is 20.8 Å². The summed E-state index contributed by atoms with van der Waals surface area (Å²) in [5.74, 6) is -1.18. The zero-order valence-electron chi connectivity index (χ0n) is 13.2. The summed E-state index contributed by atoms with van der Waals surface area (Å²) >= 11 is 0. The molecule has 2 amide bonds. The first-order valence-corrected chi connectivity index (χ1v) is 7.20. The van der Waals surface area contributed by atoms with Crippen LogP contribution in [0.5, 0.6) is 0 Å². The maximum absolute atomic E-state index is 12.2. The Bertz CT molecular complexity index is 367. The monoisotopic (exact) mass is 302 g/mol. The molecule has 1 aliphatic rings. The molecule has 0 aromatic rings. The predicted octanol–water partition coefficient (Wildman–Crippen LogP) is 1.63. The number of carboxylic acid groups (broad SMARTS) is 1. The van der Waals surface area contributed by atoms with Crippen LogP contribution in [-0.4, -0.2) is 53.9 Å². The molecule has 1 fully saturated rings. The van der Waals surface area contributed by atoms with Crippen molar-refractivity contribution < 1.29 is 24.3 Å². The molecule has 0 heterocycles. The van der Waals surface area contributed by atoms with Crippen LogP contribution in [0.3, 0.4) is 0 Å². The minimum atomic E-state index is -0.802. The van der Waals surface area contributed by atoms with Crippen LogP contribution in [-0.2, 0) is 14.4 Å². The summed E-state index contributed by atoms with van der Waals surface area (Å²) in [4.78, 5) is 30.0. The quantitative estimate of drug-likeness (QED) is 0.728. The fourth-order valence-electron chi connectivity index (χ4n) is 2.38. The summed E-state index contributed by atoms with van der Waals surface area (Å²) in [5.41, 5.74) is 2.08. The molecule has 1 aliphatic carbocycles. The lowest BCUT2D eigenvalue weighted by Crippen LogP contribution is -2.52. The van der Waals surface area contributed by atoms with Crippen molar-refractivity contribution in [2.24, 2.45) is 5.92 Å². The average Bonchev–Trinajstić information content (AvgIpc) is 2.84. The number of amides is 2. The Morgan fingerprint density at radius 1 is 1.33 bits per heavy atom. The highest BCUT2D eigenvalue weighted by atomic mass is 16.7. The Morgan fingerprint density at radius 3 is 2.48 bits per heavy atom. The number of hydrogen-bond acceptors (Lipinski definition) is 4. The van der Waals surface area contributed by atoms with E-state index in [4.69, 9.17) is 14.7 Å². The molecule has 2 N–H and O–H groups in total. The van der Waals surface area contributed by atoms with Crippen molar-refractivity contribution in [3.63, 3.8) is 0 Å². The Hall–Kier alpha value is -1.34. The molecular weight excluding hydrogens is 276 g/mol. The first-order chi connectivity index (χ1) is 9.75.